The third kappa shape index (κ3) is 4.81. The molecule has 0 spiro atoms. The van der Waals surface area contributed by atoms with Crippen LogP contribution in [0.4, 0.5) is 13.2 Å². The van der Waals surface area contributed by atoms with Crippen LogP contribution in [0.25, 0.3) is 11.1 Å². The molecule has 3 aromatic rings. The first-order chi connectivity index (χ1) is 16.1. The highest BCUT2D eigenvalue weighted by Crippen LogP contribution is 2.41. The third-order valence-electron chi connectivity index (χ3n) is 6.20. The highest BCUT2D eigenvalue weighted by molar-refractivity contribution is 6.34. The van der Waals surface area contributed by atoms with E-state index in [4.69, 9.17) is 11.6 Å². The van der Waals surface area contributed by atoms with E-state index in [1.165, 1.54) is 0 Å². The fourth-order valence-corrected chi connectivity index (χ4v) is 4.71. The number of alkyl halides is 3. The van der Waals surface area contributed by atoms with E-state index in [0.29, 0.717) is 24.9 Å². The molecule has 2 aromatic heterocycles. The zero-order valence-corrected chi connectivity index (χ0v) is 19.2. The lowest BCUT2D eigenvalue weighted by atomic mass is 9.86. The standard InChI is InChI=1S/C24H24ClF3N4O2/c1-2-32-14-17(13-30-32)15-6-5-7-16(12-15)21(23(34)9-3-4-10-23)31-22(33)20-19(25)18(8-11-29-20)24(26,27)28/h5-8,11-14,21,34H,2-4,9-10H2,1H3,(H,31,33). The molecule has 34 heavy (non-hydrogen) atoms. The van der Waals surface area contributed by atoms with Crippen LogP contribution in [-0.2, 0) is 12.7 Å². The van der Waals surface area contributed by atoms with Crippen LogP contribution in [0.2, 0.25) is 5.02 Å². The third-order valence-corrected chi connectivity index (χ3v) is 6.58. The maximum atomic E-state index is 13.3. The Hall–Kier alpha value is -2.91. The topological polar surface area (TPSA) is 80.0 Å². The number of benzene rings is 1. The molecule has 1 amide bonds. The van der Waals surface area contributed by atoms with Crippen molar-refractivity contribution in [3.63, 3.8) is 0 Å². The fourth-order valence-electron chi connectivity index (χ4n) is 4.41. The number of rotatable bonds is 6. The SMILES string of the molecule is CCn1cc(-c2cccc(C(NC(=O)c3nccc(C(F)(F)F)c3Cl)C3(O)CCCC3)c2)cn1. The minimum Gasteiger partial charge on any atom is -0.387 e. The number of pyridine rings is 1. The average Bonchev–Trinajstić information content (AvgIpc) is 3.46. The van der Waals surface area contributed by atoms with Crippen molar-refractivity contribution < 1.29 is 23.1 Å². The van der Waals surface area contributed by atoms with Crippen LogP contribution in [0.15, 0.2) is 48.9 Å². The van der Waals surface area contributed by atoms with E-state index >= 15 is 0 Å². The van der Waals surface area contributed by atoms with Crippen LogP contribution in [0.3, 0.4) is 0 Å². The molecule has 1 aromatic carbocycles. The molecule has 1 atom stereocenters. The number of aromatic nitrogens is 3. The van der Waals surface area contributed by atoms with Crippen molar-refractivity contribution in [3.8, 4) is 11.1 Å². The first kappa shape index (κ1) is 24.2. The number of halogens is 4. The molecule has 2 N–H and O–H groups in total. The van der Waals surface area contributed by atoms with E-state index in [2.05, 4.69) is 15.4 Å². The van der Waals surface area contributed by atoms with Crippen LogP contribution in [0, 0.1) is 0 Å². The minimum absolute atomic E-state index is 0.444. The van der Waals surface area contributed by atoms with Gasteiger partial charge in [0, 0.05) is 24.5 Å². The van der Waals surface area contributed by atoms with Crippen molar-refractivity contribution >= 4 is 17.5 Å². The first-order valence-corrected chi connectivity index (χ1v) is 11.4. The van der Waals surface area contributed by atoms with Gasteiger partial charge < -0.3 is 10.4 Å². The van der Waals surface area contributed by atoms with Gasteiger partial charge in [-0.25, -0.2) is 4.98 Å². The van der Waals surface area contributed by atoms with Crippen molar-refractivity contribution in [1.29, 1.82) is 0 Å². The van der Waals surface area contributed by atoms with E-state index in [9.17, 15) is 23.1 Å². The van der Waals surface area contributed by atoms with Crippen molar-refractivity contribution in [2.24, 2.45) is 0 Å². The molecule has 0 saturated heterocycles. The molecule has 1 saturated carbocycles. The van der Waals surface area contributed by atoms with Gasteiger partial charge in [0.25, 0.3) is 5.91 Å². The van der Waals surface area contributed by atoms with Gasteiger partial charge >= 0.3 is 6.18 Å². The number of amides is 1. The van der Waals surface area contributed by atoms with Crippen LogP contribution in [0.1, 0.15) is 60.3 Å². The summed E-state index contributed by atoms with van der Waals surface area (Å²) in [7, 11) is 0. The molecule has 1 fully saturated rings. The predicted octanol–water partition coefficient (Wildman–Crippen LogP) is 5.41. The summed E-state index contributed by atoms with van der Waals surface area (Å²) in [5.74, 6) is -0.884. The lowest BCUT2D eigenvalue weighted by Crippen LogP contribution is -2.44. The van der Waals surface area contributed by atoms with Gasteiger partial charge in [0.2, 0.25) is 0 Å². The summed E-state index contributed by atoms with van der Waals surface area (Å²) in [5.41, 5.74) is -0.592. The molecule has 180 valence electrons. The molecule has 10 heteroatoms. The summed E-state index contributed by atoms with van der Waals surface area (Å²) in [6, 6.07) is 7.18. The van der Waals surface area contributed by atoms with Crippen LogP contribution in [0.5, 0.6) is 0 Å². The summed E-state index contributed by atoms with van der Waals surface area (Å²) in [6.45, 7) is 2.68. The Balaban J connectivity index is 1.70. The number of nitrogens with one attached hydrogen (secondary N) is 1. The number of nitrogens with zero attached hydrogens (tertiary/aromatic N) is 3. The highest BCUT2D eigenvalue weighted by Gasteiger charge is 2.42. The number of hydrogen-bond donors (Lipinski definition) is 2. The Morgan fingerprint density at radius 3 is 2.65 bits per heavy atom. The summed E-state index contributed by atoms with van der Waals surface area (Å²) >= 11 is 5.92. The quantitative estimate of drug-likeness (QED) is 0.482. The molecule has 0 aliphatic heterocycles. The van der Waals surface area contributed by atoms with Crippen molar-refractivity contribution in [2.45, 2.75) is 57.0 Å². The van der Waals surface area contributed by atoms with Gasteiger partial charge in [0.15, 0.2) is 0 Å². The highest BCUT2D eigenvalue weighted by atomic mass is 35.5. The molecule has 1 aliphatic rings. The summed E-state index contributed by atoms with van der Waals surface area (Å²) < 4.78 is 41.6. The number of aryl methyl sites for hydroxylation is 1. The summed E-state index contributed by atoms with van der Waals surface area (Å²) in [5, 5.41) is 17.6. The van der Waals surface area contributed by atoms with Crippen molar-refractivity contribution in [1.82, 2.24) is 20.1 Å². The largest absolute Gasteiger partial charge is 0.417 e. The van der Waals surface area contributed by atoms with Gasteiger partial charge in [-0.2, -0.15) is 18.3 Å². The molecular formula is C24H24ClF3N4O2. The lowest BCUT2D eigenvalue weighted by Gasteiger charge is -2.34. The second kappa shape index (κ2) is 9.38. The second-order valence-electron chi connectivity index (χ2n) is 8.45. The molecule has 0 radical (unpaired) electrons. The summed E-state index contributed by atoms with van der Waals surface area (Å²) in [6.07, 6.45) is 2.22. The van der Waals surface area contributed by atoms with E-state index in [0.717, 1.165) is 36.2 Å². The van der Waals surface area contributed by atoms with E-state index in [-0.39, 0.29) is 0 Å². The Morgan fingerprint density at radius 2 is 2.00 bits per heavy atom. The lowest BCUT2D eigenvalue weighted by molar-refractivity contribution is -0.137. The predicted molar refractivity (Wildman–Crippen MR) is 121 cm³/mol. The molecule has 2 heterocycles. The smallest absolute Gasteiger partial charge is 0.387 e. The van der Waals surface area contributed by atoms with Gasteiger partial charge in [0.1, 0.15) is 5.69 Å². The number of carbonyl (C=O) groups is 1. The van der Waals surface area contributed by atoms with E-state index < -0.39 is 40.0 Å². The number of aliphatic hydroxyl groups is 1. The van der Waals surface area contributed by atoms with Crippen LogP contribution in [-0.4, -0.2) is 31.4 Å². The maximum absolute atomic E-state index is 13.3. The number of hydrogen-bond acceptors (Lipinski definition) is 4. The zero-order valence-electron chi connectivity index (χ0n) is 18.4. The molecule has 4 rings (SSSR count). The van der Waals surface area contributed by atoms with Gasteiger partial charge in [0.05, 0.1) is 28.4 Å². The zero-order chi connectivity index (χ0) is 24.5. The van der Waals surface area contributed by atoms with Gasteiger partial charge in [-0.15, -0.1) is 0 Å². The molecule has 6 nitrogen and oxygen atoms in total. The Morgan fingerprint density at radius 1 is 1.26 bits per heavy atom. The fraction of sp³-hybridized carbons (Fsp3) is 0.375. The Labute approximate surface area is 199 Å². The van der Waals surface area contributed by atoms with Crippen molar-refractivity contribution in [3.05, 3.63) is 70.8 Å². The molecule has 1 unspecified atom stereocenters. The monoisotopic (exact) mass is 492 g/mol. The van der Waals surface area contributed by atoms with Crippen LogP contribution >= 0.6 is 11.6 Å². The van der Waals surface area contributed by atoms with Gasteiger partial charge in [-0.3, -0.25) is 9.48 Å². The first-order valence-electron chi connectivity index (χ1n) is 11.0. The van der Waals surface area contributed by atoms with E-state index in [1.807, 2.05) is 25.3 Å². The Kier molecular flexibility index (Phi) is 6.69. The van der Waals surface area contributed by atoms with Crippen molar-refractivity contribution in [2.75, 3.05) is 0 Å². The van der Waals surface area contributed by atoms with Gasteiger partial charge in [-0.05, 0) is 43.0 Å². The Bertz CT molecular complexity index is 1190. The molecule has 0 bridgehead atoms. The minimum atomic E-state index is -4.73. The summed E-state index contributed by atoms with van der Waals surface area (Å²) in [4.78, 5) is 16.9. The molecule has 1 aliphatic carbocycles. The van der Waals surface area contributed by atoms with Crippen LogP contribution < -0.4 is 5.32 Å². The van der Waals surface area contributed by atoms with Gasteiger partial charge in [-0.1, -0.05) is 42.6 Å². The second-order valence-corrected chi connectivity index (χ2v) is 8.82. The number of carbonyl (C=O) groups excluding carboxylic acids is 1. The normalized spacial score (nSPS) is 16.4. The molecular weight excluding hydrogens is 469 g/mol. The average molecular weight is 493 g/mol. The van der Waals surface area contributed by atoms with E-state index in [1.54, 1.807) is 23.0 Å². The maximum Gasteiger partial charge on any atom is 0.417 e.